The zero-order valence-electron chi connectivity index (χ0n) is 16.9. The van der Waals surface area contributed by atoms with E-state index in [1.54, 1.807) is 0 Å². The van der Waals surface area contributed by atoms with Gasteiger partial charge in [0, 0.05) is 31.1 Å². The van der Waals surface area contributed by atoms with Crippen LogP contribution in [0.5, 0.6) is 0 Å². The van der Waals surface area contributed by atoms with E-state index in [1.165, 1.54) is 4.90 Å². The number of likely N-dealkylation sites (tertiary alicyclic amines) is 1. The lowest BCUT2D eigenvalue weighted by molar-refractivity contribution is -0.215. The monoisotopic (exact) mass is 419 g/mol. The molecule has 10 heteroatoms. The predicted molar refractivity (Wildman–Crippen MR) is 97.5 cm³/mol. The number of carbonyl (C=O) groups excluding carboxylic acids is 1. The van der Waals surface area contributed by atoms with Crippen molar-refractivity contribution in [2.45, 2.75) is 69.4 Å². The largest absolute Gasteiger partial charge is 0.434 e. The molecule has 3 rings (SSSR count). The van der Waals surface area contributed by atoms with Gasteiger partial charge in [0.2, 0.25) is 6.10 Å². The molecule has 1 aromatic heterocycles. The standard InChI is InChI=1S/C19H28F3N3O4/c1-17(2,3)14-4-7-25(23-14)13-10-18(28-12-13)5-8-24(9-6-18)16(27)29-15(11-26)19(20,21)22/h4,7,13,15,26H,5-6,8-12H2,1-3H3/t13?,15-/m1/s1. The van der Waals surface area contributed by atoms with Gasteiger partial charge in [-0.15, -0.1) is 0 Å². The van der Waals surface area contributed by atoms with Crippen LogP contribution < -0.4 is 0 Å². The van der Waals surface area contributed by atoms with Crippen LogP contribution in [-0.4, -0.2) is 70.1 Å². The Morgan fingerprint density at radius 2 is 2.03 bits per heavy atom. The third-order valence-corrected chi connectivity index (χ3v) is 5.65. The van der Waals surface area contributed by atoms with E-state index in [9.17, 15) is 18.0 Å². The molecule has 7 nitrogen and oxygen atoms in total. The minimum atomic E-state index is -4.79. The topological polar surface area (TPSA) is 76.8 Å². The summed E-state index contributed by atoms with van der Waals surface area (Å²) < 4.78 is 50.5. The minimum Gasteiger partial charge on any atom is -0.434 e. The lowest BCUT2D eigenvalue weighted by Gasteiger charge is -2.38. The third kappa shape index (κ3) is 4.85. The van der Waals surface area contributed by atoms with Crippen molar-refractivity contribution in [2.24, 2.45) is 0 Å². The van der Waals surface area contributed by atoms with E-state index in [4.69, 9.17) is 9.84 Å². The number of nitrogens with zero attached hydrogens (tertiary/aromatic N) is 3. The van der Waals surface area contributed by atoms with Crippen LogP contribution >= 0.6 is 0 Å². The van der Waals surface area contributed by atoms with Gasteiger partial charge in [-0.25, -0.2) is 4.79 Å². The molecular weight excluding hydrogens is 391 g/mol. The second-order valence-corrected chi connectivity index (χ2v) is 8.87. The number of aromatic nitrogens is 2. The van der Waals surface area contributed by atoms with Gasteiger partial charge in [-0.05, 0) is 18.9 Å². The van der Waals surface area contributed by atoms with Crippen LogP contribution in [0.25, 0.3) is 0 Å². The lowest BCUT2D eigenvalue weighted by atomic mass is 9.87. The molecule has 2 aliphatic heterocycles. The first-order chi connectivity index (χ1) is 13.4. The summed E-state index contributed by atoms with van der Waals surface area (Å²) in [5.41, 5.74) is 0.547. The summed E-state index contributed by atoms with van der Waals surface area (Å²) in [6, 6.07) is 2.09. The molecule has 1 amide bonds. The van der Waals surface area contributed by atoms with E-state index in [-0.39, 0.29) is 24.5 Å². The van der Waals surface area contributed by atoms with Crippen LogP contribution in [0.15, 0.2) is 12.3 Å². The molecule has 0 saturated carbocycles. The predicted octanol–water partition coefficient (Wildman–Crippen LogP) is 3.04. The molecular formula is C19H28F3N3O4. The molecule has 1 aromatic rings. The average molecular weight is 419 g/mol. The summed E-state index contributed by atoms with van der Waals surface area (Å²) in [6.45, 7) is 6.00. The van der Waals surface area contributed by atoms with Crippen molar-refractivity contribution >= 4 is 6.09 Å². The number of piperidine rings is 1. The summed E-state index contributed by atoms with van der Waals surface area (Å²) in [4.78, 5) is 13.3. The van der Waals surface area contributed by atoms with Crippen molar-refractivity contribution in [1.82, 2.24) is 14.7 Å². The van der Waals surface area contributed by atoms with Crippen molar-refractivity contribution < 1.29 is 32.5 Å². The maximum Gasteiger partial charge on any atom is 0.427 e. The van der Waals surface area contributed by atoms with Crippen LogP contribution in [0.2, 0.25) is 0 Å². The lowest BCUT2D eigenvalue weighted by Crippen LogP contribution is -2.49. The quantitative estimate of drug-likeness (QED) is 0.815. The molecule has 29 heavy (non-hydrogen) atoms. The van der Waals surface area contributed by atoms with E-state index >= 15 is 0 Å². The summed E-state index contributed by atoms with van der Waals surface area (Å²) >= 11 is 0. The Bertz CT molecular complexity index is 721. The van der Waals surface area contributed by atoms with Crippen molar-refractivity contribution in [3.05, 3.63) is 18.0 Å². The van der Waals surface area contributed by atoms with E-state index in [0.717, 1.165) is 12.1 Å². The van der Waals surface area contributed by atoms with Crippen LogP contribution in [0, 0.1) is 0 Å². The van der Waals surface area contributed by atoms with Crippen LogP contribution in [0.1, 0.15) is 51.8 Å². The highest BCUT2D eigenvalue weighted by Crippen LogP contribution is 2.41. The van der Waals surface area contributed by atoms with E-state index in [2.05, 4.69) is 30.6 Å². The minimum absolute atomic E-state index is 0.0447. The van der Waals surface area contributed by atoms with Gasteiger partial charge in [0.1, 0.15) is 0 Å². The number of hydrogen-bond donors (Lipinski definition) is 1. The van der Waals surface area contributed by atoms with Crippen molar-refractivity contribution in [2.75, 3.05) is 26.3 Å². The number of hydrogen-bond acceptors (Lipinski definition) is 5. The maximum absolute atomic E-state index is 12.7. The Hall–Kier alpha value is -1.81. The van der Waals surface area contributed by atoms with Gasteiger partial charge >= 0.3 is 12.3 Å². The summed E-state index contributed by atoms with van der Waals surface area (Å²) in [5.74, 6) is 0. The SMILES string of the molecule is CC(C)(C)c1ccn(C2COC3(CCN(C(=O)O[C@H](CO)C(F)(F)F)CC3)C2)n1. The molecule has 164 valence electrons. The van der Waals surface area contributed by atoms with E-state index in [0.29, 0.717) is 19.4 Å². The van der Waals surface area contributed by atoms with Gasteiger partial charge in [-0.3, -0.25) is 4.68 Å². The van der Waals surface area contributed by atoms with Crippen molar-refractivity contribution in [1.29, 1.82) is 0 Å². The normalized spacial score (nSPS) is 23.4. The molecule has 3 heterocycles. The fraction of sp³-hybridized carbons (Fsp3) is 0.789. The van der Waals surface area contributed by atoms with E-state index in [1.807, 2.05) is 16.9 Å². The number of halogens is 3. The highest BCUT2D eigenvalue weighted by atomic mass is 19.4. The number of rotatable bonds is 3. The van der Waals surface area contributed by atoms with Crippen molar-refractivity contribution in [3.8, 4) is 0 Å². The van der Waals surface area contributed by atoms with Crippen LogP contribution in [-0.2, 0) is 14.9 Å². The molecule has 0 radical (unpaired) electrons. The fourth-order valence-electron chi connectivity index (χ4n) is 3.78. The molecule has 2 saturated heterocycles. The van der Waals surface area contributed by atoms with Gasteiger partial charge in [0.15, 0.2) is 0 Å². The smallest absolute Gasteiger partial charge is 0.427 e. The molecule has 0 aliphatic carbocycles. The van der Waals surface area contributed by atoms with E-state index < -0.39 is 30.6 Å². The highest BCUT2D eigenvalue weighted by molar-refractivity contribution is 5.68. The highest BCUT2D eigenvalue weighted by Gasteiger charge is 2.46. The van der Waals surface area contributed by atoms with Gasteiger partial charge in [-0.1, -0.05) is 20.8 Å². The molecule has 1 spiro atoms. The molecule has 2 atom stereocenters. The first-order valence-corrected chi connectivity index (χ1v) is 9.76. The Labute approximate surface area is 167 Å². The van der Waals surface area contributed by atoms with Crippen LogP contribution in [0.3, 0.4) is 0 Å². The zero-order valence-corrected chi connectivity index (χ0v) is 16.9. The molecule has 0 bridgehead atoms. The molecule has 2 fully saturated rings. The zero-order chi connectivity index (χ0) is 21.4. The van der Waals surface area contributed by atoms with Crippen LogP contribution in [0.4, 0.5) is 18.0 Å². The average Bonchev–Trinajstić information content (AvgIpc) is 3.26. The third-order valence-electron chi connectivity index (χ3n) is 5.65. The molecule has 0 aromatic carbocycles. The van der Waals surface area contributed by atoms with Gasteiger partial charge in [-0.2, -0.15) is 18.3 Å². The Morgan fingerprint density at radius 1 is 1.38 bits per heavy atom. The molecule has 1 N–H and O–H groups in total. The summed E-state index contributed by atoms with van der Waals surface area (Å²) in [6.07, 6.45) is -4.64. The molecule has 2 aliphatic rings. The van der Waals surface area contributed by atoms with Gasteiger partial charge in [0.05, 0.1) is 30.6 Å². The maximum atomic E-state index is 12.7. The summed E-state index contributed by atoms with van der Waals surface area (Å²) in [5, 5.41) is 13.5. The first kappa shape index (κ1) is 21.9. The number of amides is 1. The molecule has 1 unspecified atom stereocenters. The Balaban J connectivity index is 1.55. The Morgan fingerprint density at radius 3 is 2.55 bits per heavy atom. The number of aliphatic hydroxyl groups is 1. The van der Waals surface area contributed by atoms with Gasteiger partial charge in [0.25, 0.3) is 0 Å². The Kier molecular flexibility index (Phi) is 5.88. The fourth-order valence-corrected chi connectivity index (χ4v) is 3.78. The number of carbonyl (C=O) groups is 1. The number of alkyl halides is 3. The summed E-state index contributed by atoms with van der Waals surface area (Å²) in [7, 11) is 0. The second kappa shape index (κ2) is 7.79. The van der Waals surface area contributed by atoms with Crippen molar-refractivity contribution in [3.63, 3.8) is 0 Å². The first-order valence-electron chi connectivity index (χ1n) is 9.76. The second-order valence-electron chi connectivity index (χ2n) is 8.87. The van der Waals surface area contributed by atoms with Gasteiger partial charge < -0.3 is 19.5 Å². The number of ether oxygens (including phenoxy) is 2. The number of aliphatic hydroxyl groups excluding tert-OH is 1.